The van der Waals surface area contributed by atoms with Crippen molar-refractivity contribution < 1.29 is 4.79 Å². The summed E-state index contributed by atoms with van der Waals surface area (Å²) in [5.74, 6) is 0.109. The van der Waals surface area contributed by atoms with Gasteiger partial charge in [-0.1, -0.05) is 0 Å². The van der Waals surface area contributed by atoms with Crippen molar-refractivity contribution >= 4 is 11.7 Å². The van der Waals surface area contributed by atoms with Crippen molar-refractivity contribution in [3.63, 3.8) is 0 Å². The van der Waals surface area contributed by atoms with Crippen LogP contribution >= 0.6 is 0 Å². The number of likely N-dealkylation sites (tertiary alicyclic amines) is 1. The Kier molecular flexibility index (Phi) is 2.30. The van der Waals surface area contributed by atoms with Crippen LogP contribution in [0.5, 0.6) is 0 Å². The zero-order valence-corrected chi connectivity index (χ0v) is 7.81. The highest BCUT2D eigenvalue weighted by Gasteiger charge is 2.22. The van der Waals surface area contributed by atoms with Gasteiger partial charge in [0.15, 0.2) is 11.5 Å². The average Bonchev–Trinajstić information content (AvgIpc) is 2.70. The molecule has 1 saturated heterocycles. The number of carbonyl (C=O) groups excluding carboxylic acids is 1. The number of carbonyl (C=O) groups is 1. The molecule has 0 spiro atoms. The predicted octanol–water partition coefficient (Wildman–Crippen LogP) is 0.295. The van der Waals surface area contributed by atoms with Crippen LogP contribution in [0.4, 0.5) is 5.82 Å². The van der Waals surface area contributed by atoms with Gasteiger partial charge in [0.2, 0.25) is 0 Å². The van der Waals surface area contributed by atoms with Gasteiger partial charge in [0.25, 0.3) is 5.91 Å². The summed E-state index contributed by atoms with van der Waals surface area (Å²) >= 11 is 0. The molecule has 14 heavy (non-hydrogen) atoms. The van der Waals surface area contributed by atoms with Gasteiger partial charge in [-0.05, 0) is 12.8 Å². The molecule has 0 atom stereocenters. The van der Waals surface area contributed by atoms with Gasteiger partial charge in [-0.15, -0.1) is 0 Å². The molecule has 1 amide bonds. The Hall–Kier alpha value is -1.65. The standard InChI is InChI=1S/C9H12N4O/c10-8-7(11-3-4-12-8)9(14)13-5-1-2-6-13/h3-4H,1-2,5-6H2,(H2,10,12). The van der Waals surface area contributed by atoms with Crippen molar-refractivity contribution in [1.29, 1.82) is 0 Å². The zero-order valence-electron chi connectivity index (χ0n) is 7.81. The zero-order chi connectivity index (χ0) is 9.97. The number of hydrogen-bond acceptors (Lipinski definition) is 4. The first kappa shape index (κ1) is 8.93. The number of nitrogens with zero attached hydrogens (tertiary/aromatic N) is 3. The molecule has 0 bridgehead atoms. The molecule has 2 rings (SSSR count). The van der Waals surface area contributed by atoms with Crippen LogP contribution in [0.15, 0.2) is 12.4 Å². The molecule has 0 aliphatic carbocycles. The van der Waals surface area contributed by atoms with Crippen LogP contribution in [0.1, 0.15) is 23.3 Å². The van der Waals surface area contributed by atoms with Crippen LogP contribution in [0, 0.1) is 0 Å². The number of nitrogen functional groups attached to an aromatic ring is 1. The lowest BCUT2D eigenvalue weighted by Crippen LogP contribution is -2.29. The van der Waals surface area contributed by atoms with Crippen LogP contribution in [-0.4, -0.2) is 33.9 Å². The number of anilines is 1. The Morgan fingerprint density at radius 2 is 1.93 bits per heavy atom. The van der Waals surface area contributed by atoms with Crippen LogP contribution in [0.3, 0.4) is 0 Å². The van der Waals surface area contributed by atoms with Crippen LogP contribution in [-0.2, 0) is 0 Å². The maximum Gasteiger partial charge on any atom is 0.276 e. The molecule has 5 nitrogen and oxygen atoms in total. The number of nitrogens with two attached hydrogens (primary N) is 1. The molecular formula is C9H12N4O. The normalized spacial score (nSPS) is 15.9. The minimum atomic E-state index is -0.104. The van der Waals surface area contributed by atoms with E-state index in [1.165, 1.54) is 12.4 Å². The van der Waals surface area contributed by atoms with Crippen LogP contribution in [0.2, 0.25) is 0 Å². The van der Waals surface area contributed by atoms with E-state index in [0.29, 0.717) is 0 Å². The Bertz CT molecular complexity index is 346. The fourth-order valence-electron chi connectivity index (χ4n) is 1.58. The fraction of sp³-hybridized carbons (Fsp3) is 0.444. The first-order valence-corrected chi connectivity index (χ1v) is 4.65. The van der Waals surface area contributed by atoms with Crippen molar-refractivity contribution in [3.8, 4) is 0 Å². The summed E-state index contributed by atoms with van der Waals surface area (Å²) in [4.78, 5) is 21.4. The second kappa shape index (κ2) is 3.61. The summed E-state index contributed by atoms with van der Waals surface area (Å²) in [6, 6.07) is 0. The summed E-state index contributed by atoms with van der Waals surface area (Å²) in [5.41, 5.74) is 5.84. The molecule has 1 fully saturated rings. The molecule has 2 N–H and O–H groups in total. The van der Waals surface area contributed by atoms with Gasteiger partial charge in [-0.2, -0.15) is 0 Å². The highest BCUT2D eigenvalue weighted by Crippen LogP contribution is 2.13. The minimum Gasteiger partial charge on any atom is -0.382 e. The van der Waals surface area contributed by atoms with E-state index >= 15 is 0 Å². The molecule has 0 radical (unpaired) electrons. The summed E-state index contributed by atoms with van der Waals surface area (Å²) < 4.78 is 0. The smallest absolute Gasteiger partial charge is 0.276 e. The number of rotatable bonds is 1. The molecule has 2 heterocycles. The molecule has 0 unspecified atom stereocenters. The molecule has 1 aliphatic heterocycles. The van der Waals surface area contributed by atoms with Crippen molar-refractivity contribution in [2.75, 3.05) is 18.8 Å². The SMILES string of the molecule is Nc1nccnc1C(=O)N1CCCC1. The lowest BCUT2D eigenvalue weighted by molar-refractivity contribution is 0.0788. The first-order chi connectivity index (χ1) is 6.79. The van der Waals surface area contributed by atoms with Crippen LogP contribution in [0.25, 0.3) is 0 Å². The number of aromatic nitrogens is 2. The van der Waals surface area contributed by atoms with Gasteiger partial charge in [0.05, 0.1) is 0 Å². The lowest BCUT2D eigenvalue weighted by atomic mass is 10.3. The molecule has 1 aromatic rings. The van der Waals surface area contributed by atoms with E-state index in [4.69, 9.17) is 5.73 Å². The largest absolute Gasteiger partial charge is 0.382 e. The van der Waals surface area contributed by atoms with E-state index in [-0.39, 0.29) is 17.4 Å². The van der Waals surface area contributed by atoms with E-state index < -0.39 is 0 Å². The summed E-state index contributed by atoms with van der Waals surface area (Å²) in [6.07, 6.45) is 5.09. The van der Waals surface area contributed by atoms with E-state index in [9.17, 15) is 4.79 Å². The van der Waals surface area contributed by atoms with E-state index in [2.05, 4.69) is 9.97 Å². The Morgan fingerprint density at radius 1 is 1.29 bits per heavy atom. The van der Waals surface area contributed by atoms with E-state index in [0.717, 1.165) is 25.9 Å². The van der Waals surface area contributed by atoms with E-state index in [1.807, 2.05) is 0 Å². The van der Waals surface area contributed by atoms with Gasteiger partial charge < -0.3 is 10.6 Å². The molecular weight excluding hydrogens is 180 g/mol. The number of hydrogen-bond donors (Lipinski definition) is 1. The summed E-state index contributed by atoms with van der Waals surface area (Å²) in [6.45, 7) is 1.60. The summed E-state index contributed by atoms with van der Waals surface area (Å²) in [7, 11) is 0. The van der Waals surface area contributed by atoms with Crippen molar-refractivity contribution in [1.82, 2.24) is 14.9 Å². The quantitative estimate of drug-likeness (QED) is 0.694. The second-order valence-electron chi connectivity index (χ2n) is 3.29. The monoisotopic (exact) mass is 192 g/mol. The topological polar surface area (TPSA) is 72.1 Å². The highest BCUT2D eigenvalue weighted by atomic mass is 16.2. The Balaban J connectivity index is 2.22. The van der Waals surface area contributed by atoms with E-state index in [1.54, 1.807) is 4.90 Å². The van der Waals surface area contributed by atoms with Gasteiger partial charge in [0, 0.05) is 25.5 Å². The molecule has 74 valence electrons. The van der Waals surface area contributed by atoms with Gasteiger partial charge in [-0.25, -0.2) is 9.97 Å². The first-order valence-electron chi connectivity index (χ1n) is 4.65. The lowest BCUT2D eigenvalue weighted by Gasteiger charge is -2.14. The van der Waals surface area contributed by atoms with Gasteiger partial charge in [0.1, 0.15) is 0 Å². The Labute approximate surface area is 82.0 Å². The third-order valence-corrected chi connectivity index (χ3v) is 2.32. The molecule has 0 saturated carbocycles. The van der Waals surface area contributed by atoms with Crippen molar-refractivity contribution in [2.24, 2.45) is 0 Å². The third-order valence-electron chi connectivity index (χ3n) is 2.32. The second-order valence-corrected chi connectivity index (χ2v) is 3.29. The summed E-state index contributed by atoms with van der Waals surface area (Å²) in [5, 5.41) is 0. The maximum atomic E-state index is 11.8. The van der Waals surface area contributed by atoms with Crippen LogP contribution < -0.4 is 5.73 Å². The van der Waals surface area contributed by atoms with Crippen molar-refractivity contribution in [2.45, 2.75) is 12.8 Å². The van der Waals surface area contributed by atoms with Gasteiger partial charge in [-0.3, -0.25) is 4.79 Å². The third kappa shape index (κ3) is 1.53. The maximum absolute atomic E-state index is 11.8. The molecule has 0 aromatic carbocycles. The highest BCUT2D eigenvalue weighted by molar-refractivity contribution is 5.96. The fourth-order valence-corrected chi connectivity index (χ4v) is 1.58. The molecule has 5 heteroatoms. The van der Waals surface area contributed by atoms with Crippen molar-refractivity contribution in [3.05, 3.63) is 18.1 Å². The molecule has 1 aliphatic rings. The number of amides is 1. The average molecular weight is 192 g/mol. The minimum absolute atomic E-state index is 0.104. The predicted molar refractivity (Wildman–Crippen MR) is 51.6 cm³/mol. The molecule has 1 aromatic heterocycles. The van der Waals surface area contributed by atoms with Gasteiger partial charge >= 0.3 is 0 Å². The Morgan fingerprint density at radius 3 is 2.57 bits per heavy atom.